The summed E-state index contributed by atoms with van der Waals surface area (Å²) < 4.78 is 4.67. The molecule has 0 radical (unpaired) electrons. The number of rotatable bonds is 7. The van der Waals surface area contributed by atoms with Crippen molar-refractivity contribution in [3.63, 3.8) is 0 Å². The maximum absolute atomic E-state index is 12.0. The molecule has 0 spiro atoms. The minimum atomic E-state index is -0.422. The van der Waals surface area contributed by atoms with Crippen molar-refractivity contribution in [2.45, 2.75) is 46.2 Å². The van der Waals surface area contributed by atoms with Crippen LogP contribution in [0.5, 0.6) is 0 Å². The van der Waals surface area contributed by atoms with Crippen LogP contribution in [0.2, 0.25) is 0 Å². The summed E-state index contributed by atoms with van der Waals surface area (Å²) in [5, 5.41) is 3.00. The molecule has 0 fully saturated rings. The summed E-state index contributed by atoms with van der Waals surface area (Å²) in [4.78, 5) is 25.1. The summed E-state index contributed by atoms with van der Waals surface area (Å²) >= 11 is 0. The van der Waals surface area contributed by atoms with Gasteiger partial charge >= 0.3 is 5.97 Å². The van der Waals surface area contributed by atoms with E-state index in [4.69, 9.17) is 0 Å². The summed E-state index contributed by atoms with van der Waals surface area (Å²) in [6.45, 7) is 8.87. The molecule has 0 saturated carbocycles. The first-order valence-corrected chi connectivity index (χ1v) is 6.14. The van der Waals surface area contributed by atoms with Crippen LogP contribution in [0.4, 0.5) is 0 Å². The molecule has 5 heteroatoms. The first kappa shape index (κ1) is 15.9. The van der Waals surface area contributed by atoms with Gasteiger partial charge < -0.3 is 9.64 Å². The molecule has 1 amide bonds. The molecule has 2 unspecified atom stereocenters. The number of methoxy groups -OCH3 is 1. The summed E-state index contributed by atoms with van der Waals surface area (Å²) in [5.41, 5.74) is 0. The topological polar surface area (TPSA) is 58.6 Å². The van der Waals surface area contributed by atoms with Crippen LogP contribution in [0, 0.1) is 0 Å². The largest absolute Gasteiger partial charge is 0.468 e. The van der Waals surface area contributed by atoms with Gasteiger partial charge in [0.2, 0.25) is 5.91 Å². The molecule has 0 aliphatic carbocycles. The molecule has 0 aromatic heterocycles. The van der Waals surface area contributed by atoms with E-state index in [2.05, 4.69) is 10.1 Å². The van der Waals surface area contributed by atoms with Crippen molar-refractivity contribution < 1.29 is 14.3 Å². The van der Waals surface area contributed by atoms with E-state index in [0.717, 1.165) is 0 Å². The number of nitrogens with zero attached hydrogens (tertiary/aromatic N) is 1. The molecule has 0 rings (SSSR count). The first-order valence-electron chi connectivity index (χ1n) is 6.14. The number of carbonyl (C=O) groups excluding carboxylic acids is 2. The number of likely N-dealkylation sites (N-methyl/N-ethyl adjacent to an activating group) is 1. The fraction of sp³-hybridized carbons (Fsp3) is 0.833. The van der Waals surface area contributed by atoms with Crippen LogP contribution in [0.1, 0.15) is 34.1 Å². The van der Waals surface area contributed by atoms with Gasteiger partial charge in [-0.05, 0) is 27.2 Å². The van der Waals surface area contributed by atoms with Gasteiger partial charge in [0.05, 0.1) is 13.2 Å². The van der Waals surface area contributed by atoms with Gasteiger partial charge in [0.15, 0.2) is 0 Å². The molecule has 100 valence electrons. The van der Waals surface area contributed by atoms with Crippen LogP contribution in [-0.4, -0.2) is 49.1 Å². The number of ether oxygens (including phenoxy) is 1. The van der Waals surface area contributed by atoms with Crippen molar-refractivity contribution in [2.24, 2.45) is 0 Å². The second-order valence-electron chi connectivity index (χ2n) is 3.88. The quantitative estimate of drug-likeness (QED) is 0.673. The van der Waals surface area contributed by atoms with Gasteiger partial charge in [0.1, 0.15) is 6.04 Å². The number of esters is 1. The second-order valence-corrected chi connectivity index (χ2v) is 3.88. The van der Waals surface area contributed by atoms with Gasteiger partial charge in [0, 0.05) is 13.1 Å². The predicted molar refractivity (Wildman–Crippen MR) is 66.6 cm³/mol. The van der Waals surface area contributed by atoms with E-state index >= 15 is 0 Å². The van der Waals surface area contributed by atoms with E-state index < -0.39 is 6.04 Å². The number of hydrogen-bond acceptors (Lipinski definition) is 4. The zero-order valence-corrected chi connectivity index (χ0v) is 11.4. The Kier molecular flexibility index (Phi) is 7.54. The van der Waals surface area contributed by atoms with Crippen LogP contribution in [0.15, 0.2) is 0 Å². The Balaban J connectivity index is 4.45. The molecule has 0 bridgehead atoms. The molecule has 2 atom stereocenters. The molecule has 0 aromatic rings. The highest BCUT2D eigenvalue weighted by Crippen LogP contribution is 2.00. The van der Waals surface area contributed by atoms with Gasteiger partial charge in [-0.25, -0.2) is 0 Å². The van der Waals surface area contributed by atoms with E-state index in [1.165, 1.54) is 7.11 Å². The van der Waals surface area contributed by atoms with Crippen molar-refractivity contribution >= 4 is 11.9 Å². The summed E-state index contributed by atoms with van der Waals surface area (Å²) in [5.74, 6) is -0.316. The lowest BCUT2D eigenvalue weighted by Crippen LogP contribution is -2.50. The van der Waals surface area contributed by atoms with Gasteiger partial charge in [0.25, 0.3) is 0 Å². The summed E-state index contributed by atoms with van der Waals surface area (Å²) in [6.07, 6.45) is 0.600. The molecule has 0 heterocycles. The van der Waals surface area contributed by atoms with Crippen LogP contribution < -0.4 is 5.32 Å². The zero-order valence-electron chi connectivity index (χ0n) is 11.4. The van der Waals surface area contributed by atoms with Gasteiger partial charge in [-0.3, -0.25) is 14.9 Å². The number of nitrogens with one attached hydrogen (secondary N) is 1. The minimum absolute atomic E-state index is 0.0114. The normalized spacial score (nSPS) is 13.9. The van der Waals surface area contributed by atoms with Gasteiger partial charge in [-0.2, -0.15) is 0 Å². The van der Waals surface area contributed by atoms with Gasteiger partial charge in [-0.15, -0.1) is 0 Å². The van der Waals surface area contributed by atoms with Crippen LogP contribution in [-0.2, 0) is 14.3 Å². The highest BCUT2D eigenvalue weighted by Gasteiger charge is 2.24. The highest BCUT2D eigenvalue weighted by atomic mass is 16.5. The van der Waals surface area contributed by atoms with E-state index in [1.807, 2.05) is 20.8 Å². The first-order chi connectivity index (χ1) is 8.01. The maximum Gasteiger partial charge on any atom is 0.322 e. The van der Waals surface area contributed by atoms with Crippen molar-refractivity contribution in [2.75, 3.05) is 20.2 Å². The molecule has 1 N–H and O–H groups in total. The standard InChI is InChI=1S/C12H24N2O3/c1-6-10(12(16)17-5)13-9(4)11(15)14(7-2)8-3/h9-10,13H,6-8H2,1-5H3. The second kappa shape index (κ2) is 8.06. The Morgan fingerprint density at radius 3 is 2.12 bits per heavy atom. The fourth-order valence-electron chi connectivity index (χ4n) is 1.68. The van der Waals surface area contributed by atoms with Crippen LogP contribution in [0.3, 0.4) is 0 Å². The Morgan fingerprint density at radius 2 is 1.76 bits per heavy atom. The molecule has 0 aliphatic rings. The molecule has 17 heavy (non-hydrogen) atoms. The van der Waals surface area contributed by atoms with E-state index in [-0.39, 0.29) is 17.9 Å². The molecule has 5 nitrogen and oxygen atoms in total. The van der Waals surface area contributed by atoms with Crippen molar-refractivity contribution in [1.82, 2.24) is 10.2 Å². The monoisotopic (exact) mass is 244 g/mol. The van der Waals surface area contributed by atoms with Gasteiger partial charge in [-0.1, -0.05) is 6.92 Å². The zero-order chi connectivity index (χ0) is 13.4. The lowest BCUT2D eigenvalue weighted by atomic mass is 10.2. The minimum Gasteiger partial charge on any atom is -0.468 e. The average Bonchev–Trinajstić information content (AvgIpc) is 2.35. The summed E-state index contributed by atoms with van der Waals surface area (Å²) in [7, 11) is 1.35. The van der Waals surface area contributed by atoms with E-state index in [0.29, 0.717) is 19.5 Å². The maximum atomic E-state index is 12.0. The molecule has 0 saturated heterocycles. The Morgan fingerprint density at radius 1 is 1.24 bits per heavy atom. The average molecular weight is 244 g/mol. The number of hydrogen-bond donors (Lipinski definition) is 1. The fourth-order valence-corrected chi connectivity index (χ4v) is 1.68. The van der Waals surface area contributed by atoms with Crippen molar-refractivity contribution in [3.8, 4) is 0 Å². The molecule has 0 aromatic carbocycles. The summed E-state index contributed by atoms with van der Waals surface area (Å²) in [6, 6.07) is -0.798. The molecular weight excluding hydrogens is 220 g/mol. The van der Waals surface area contributed by atoms with E-state index in [1.54, 1.807) is 11.8 Å². The van der Waals surface area contributed by atoms with Crippen molar-refractivity contribution in [1.29, 1.82) is 0 Å². The third-order valence-corrected chi connectivity index (χ3v) is 2.79. The van der Waals surface area contributed by atoms with E-state index in [9.17, 15) is 9.59 Å². The van der Waals surface area contributed by atoms with Crippen molar-refractivity contribution in [3.05, 3.63) is 0 Å². The lowest BCUT2D eigenvalue weighted by Gasteiger charge is -2.25. The number of amides is 1. The smallest absolute Gasteiger partial charge is 0.322 e. The third kappa shape index (κ3) is 4.73. The Labute approximate surface area is 103 Å². The number of carbonyl (C=O) groups is 2. The van der Waals surface area contributed by atoms with Crippen LogP contribution in [0.25, 0.3) is 0 Å². The molecule has 0 aliphatic heterocycles. The predicted octanol–water partition coefficient (Wildman–Crippen LogP) is 0.785. The lowest BCUT2D eigenvalue weighted by molar-refractivity contribution is -0.144. The van der Waals surface area contributed by atoms with Crippen LogP contribution >= 0.6 is 0 Å². The molecular formula is C12H24N2O3. The highest BCUT2D eigenvalue weighted by molar-refractivity contribution is 5.83. The SMILES string of the molecule is CCC(NC(C)C(=O)N(CC)CC)C(=O)OC. The Bertz CT molecular complexity index is 252. The Hall–Kier alpha value is -1.10. The third-order valence-electron chi connectivity index (χ3n) is 2.79.